The average molecular weight is 152 g/mol. The fourth-order valence-electron chi connectivity index (χ4n) is 2.41. The van der Waals surface area contributed by atoms with Gasteiger partial charge in [-0.1, -0.05) is 31.9 Å². The summed E-state index contributed by atoms with van der Waals surface area (Å²) in [7, 11) is 0. The summed E-state index contributed by atoms with van der Waals surface area (Å²) in [5, 5.41) is 9.89. The van der Waals surface area contributed by atoms with Crippen LogP contribution in [0, 0.1) is 11.3 Å². The Balaban J connectivity index is 2.26. The maximum atomic E-state index is 9.89. The Hall–Kier alpha value is -0.300. The molecule has 2 rings (SSSR count). The molecule has 62 valence electrons. The molecule has 0 aromatic rings. The molecule has 0 amide bonds. The minimum atomic E-state index is -0.0926. The van der Waals surface area contributed by atoms with E-state index in [0.717, 1.165) is 0 Å². The van der Waals surface area contributed by atoms with Gasteiger partial charge in [0.25, 0.3) is 0 Å². The van der Waals surface area contributed by atoms with Gasteiger partial charge in [0.15, 0.2) is 0 Å². The summed E-state index contributed by atoms with van der Waals surface area (Å²) >= 11 is 0. The van der Waals surface area contributed by atoms with Crippen molar-refractivity contribution in [3.05, 3.63) is 12.2 Å². The topological polar surface area (TPSA) is 20.2 Å². The third kappa shape index (κ3) is 1.02. The number of fused-ring (bicyclic) bond motifs is 2. The van der Waals surface area contributed by atoms with Crippen molar-refractivity contribution in [2.45, 2.75) is 38.7 Å². The molecule has 1 saturated carbocycles. The van der Waals surface area contributed by atoms with Crippen LogP contribution in [-0.2, 0) is 0 Å². The molecule has 0 unspecified atom stereocenters. The Bertz CT molecular complexity index is 185. The van der Waals surface area contributed by atoms with E-state index in [2.05, 4.69) is 19.1 Å². The van der Waals surface area contributed by atoms with Gasteiger partial charge < -0.3 is 5.11 Å². The quantitative estimate of drug-likeness (QED) is 0.527. The fraction of sp³-hybridized carbons (Fsp3) is 0.800. The molecule has 11 heavy (non-hydrogen) atoms. The van der Waals surface area contributed by atoms with Gasteiger partial charge in [-0.25, -0.2) is 0 Å². The third-order valence-corrected chi connectivity index (χ3v) is 3.31. The molecule has 0 aromatic carbocycles. The average Bonchev–Trinajstić information content (AvgIpc) is 2.13. The fourth-order valence-corrected chi connectivity index (χ4v) is 2.41. The summed E-state index contributed by atoms with van der Waals surface area (Å²) in [6.45, 7) is 2.18. The molecule has 1 heteroatoms. The summed E-state index contributed by atoms with van der Waals surface area (Å²) in [6.07, 6.45) is 9.28. The number of rotatable bonds is 0. The Labute approximate surface area is 68.1 Å². The van der Waals surface area contributed by atoms with E-state index in [0.29, 0.717) is 5.92 Å². The van der Waals surface area contributed by atoms with Crippen LogP contribution in [0.1, 0.15) is 32.6 Å². The van der Waals surface area contributed by atoms with E-state index < -0.39 is 0 Å². The van der Waals surface area contributed by atoms with Gasteiger partial charge >= 0.3 is 0 Å². The molecule has 0 heterocycles. The Morgan fingerprint density at radius 3 is 3.09 bits per heavy atom. The maximum absolute atomic E-state index is 9.89. The van der Waals surface area contributed by atoms with Crippen molar-refractivity contribution < 1.29 is 5.11 Å². The van der Waals surface area contributed by atoms with E-state index >= 15 is 0 Å². The summed E-state index contributed by atoms with van der Waals surface area (Å²) in [5.41, 5.74) is 0.112. The van der Waals surface area contributed by atoms with E-state index in [1.807, 2.05) is 0 Å². The third-order valence-electron chi connectivity index (χ3n) is 3.31. The van der Waals surface area contributed by atoms with Crippen LogP contribution >= 0.6 is 0 Å². The molecular formula is C10H16O. The van der Waals surface area contributed by atoms with Gasteiger partial charge in [-0.15, -0.1) is 0 Å². The predicted octanol–water partition coefficient (Wildman–Crippen LogP) is 2.11. The molecule has 0 spiro atoms. The number of hydrogen-bond acceptors (Lipinski definition) is 1. The lowest BCUT2D eigenvalue weighted by molar-refractivity contribution is 0.0518. The molecule has 0 saturated heterocycles. The van der Waals surface area contributed by atoms with Crippen LogP contribution in [0.5, 0.6) is 0 Å². The first-order valence-electron chi connectivity index (χ1n) is 4.60. The lowest BCUT2D eigenvalue weighted by atomic mass is 9.82. The van der Waals surface area contributed by atoms with Crippen molar-refractivity contribution in [3.63, 3.8) is 0 Å². The Kier molecular flexibility index (Phi) is 1.57. The largest absolute Gasteiger partial charge is 0.392 e. The van der Waals surface area contributed by atoms with Gasteiger partial charge in [-0.05, 0) is 12.8 Å². The molecule has 1 fully saturated rings. The normalized spacial score (nSPS) is 49.3. The summed E-state index contributed by atoms with van der Waals surface area (Å²) in [5.74, 6) is 0.461. The van der Waals surface area contributed by atoms with Crippen LogP contribution in [0.3, 0.4) is 0 Å². The van der Waals surface area contributed by atoms with E-state index in [4.69, 9.17) is 0 Å². The molecule has 2 bridgehead atoms. The zero-order chi connectivity index (χ0) is 7.90. The number of hydrogen-bond donors (Lipinski definition) is 1. The molecular weight excluding hydrogens is 136 g/mol. The highest BCUT2D eigenvalue weighted by Crippen LogP contribution is 2.44. The van der Waals surface area contributed by atoms with Gasteiger partial charge in [0, 0.05) is 11.3 Å². The maximum Gasteiger partial charge on any atom is 0.0690 e. The lowest BCUT2D eigenvalue weighted by Gasteiger charge is -2.27. The molecule has 1 nitrogen and oxygen atoms in total. The predicted molar refractivity (Wildman–Crippen MR) is 45.2 cm³/mol. The molecule has 1 N–H and O–H groups in total. The highest BCUT2D eigenvalue weighted by molar-refractivity contribution is 5.15. The van der Waals surface area contributed by atoms with Crippen molar-refractivity contribution in [2.75, 3.05) is 0 Å². The SMILES string of the molecule is C[C@]12C=C[C@H](CCCC1)[C@@H]2O. The van der Waals surface area contributed by atoms with Crippen molar-refractivity contribution in [3.8, 4) is 0 Å². The molecule has 0 aliphatic heterocycles. The Morgan fingerprint density at radius 1 is 1.45 bits per heavy atom. The van der Waals surface area contributed by atoms with E-state index in [1.54, 1.807) is 0 Å². The van der Waals surface area contributed by atoms with Crippen molar-refractivity contribution >= 4 is 0 Å². The summed E-state index contributed by atoms with van der Waals surface area (Å²) in [6, 6.07) is 0. The second kappa shape index (κ2) is 2.34. The van der Waals surface area contributed by atoms with Crippen LogP contribution in [-0.4, -0.2) is 11.2 Å². The van der Waals surface area contributed by atoms with Crippen LogP contribution in [0.2, 0.25) is 0 Å². The zero-order valence-corrected chi connectivity index (χ0v) is 7.09. The zero-order valence-electron chi connectivity index (χ0n) is 7.09. The second-order valence-electron chi connectivity index (χ2n) is 4.22. The first-order chi connectivity index (χ1) is 5.22. The van der Waals surface area contributed by atoms with Gasteiger partial charge in [0.1, 0.15) is 0 Å². The number of aliphatic hydroxyl groups excluding tert-OH is 1. The minimum absolute atomic E-state index is 0.0926. The number of aliphatic hydroxyl groups is 1. The molecule has 2 aliphatic carbocycles. The lowest BCUT2D eigenvalue weighted by Crippen LogP contribution is -2.29. The van der Waals surface area contributed by atoms with Crippen LogP contribution in [0.15, 0.2) is 12.2 Å². The van der Waals surface area contributed by atoms with Crippen LogP contribution in [0.4, 0.5) is 0 Å². The van der Waals surface area contributed by atoms with Crippen LogP contribution < -0.4 is 0 Å². The summed E-state index contributed by atoms with van der Waals surface area (Å²) < 4.78 is 0. The van der Waals surface area contributed by atoms with Gasteiger partial charge in [0.2, 0.25) is 0 Å². The van der Waals surface area contributed by atoms with Crippen LogP contribution in [0.25, 0.3) is 0 Å². The van der Waals surface area contributed by atoms with Gasteiger partial charge in [0.05, 0.1) is 6.10 Å². The van der Waals surface area contributed by atoms with Crippen molar-refractivity contribution in [1.82, 2.24) is 0 Å². The standard InChI is InChI=1S/C10H16O/c1-10-6-3-2-4-8(5-7-10)9(10)11/h5,7-9,11H,2-4,6H2,1H3/t8-,9-,10+/m0/s1. The first kappa shape index (κ1) is 7.35. The summed E-state index contributed by atoms with van der Waals surface area (Å²) in [4.78, 5) is 0. The van der Waals surface area contributed by atoms with E-state index in [-0.39, 0.29) is 11.5 Å². The highest BCUT2D eigenvalue weighted by Gasteiger charge is 2.40. The van der Waals surface area contributed by atoms with Crippen molar-refractivity contribution in [1.29, 1.82) is 0 Å². The molecule has 0 radical (unpaired) electrons. The van der Waals surface area contributed by atoms with Gasteiger partial charge in [-0.3, -0.25) is 0 Å². The monoisotopic (exact) mass is 152 g/mol. The minimum Gasteiger partial charge on any atom is -0.392 e. The van der Waals surface area contributed by atoms with E-state index in [9.17, 15) is 5.11 Å². The van der Waals surface area contributed by atoms with Gasteiger partial charge in [-0.2, -0.15) is 0 Å². The Morgan fingerprint density at radius 2 is 2.27 bits per heavy atom. The van der Waals surface area contributed by atoms with E-state index in [1.165, 1.54) is 25.7 Å². The highest BCUT2D eigenvalue weighted by atomic mass is 16.3. The van der Waals surface area contributed by atoms with Crippen molar-refractivity contribution in [2.24, 2.45) is 11.3 Å². The molecule has 0 aromatic heterocycles. The molecule has 2 aliphatic rings. The first-order valence-corrected chi connectivity index (χ1v) is 4.60. The second-order valence-corrected chi connectivity index (χ2v) is 4.22. The molecule has 3 atom stereocenters. The smallest absolute Gasteiger partial charge is 0.0690 e.